The van der Waals surface area contributed by atoms with Gasteiger partial charge in [-0.2, -0.15) is 0 Å². The minimum Gasteiger partial charge on any atom is -0.465 e. The molecule has 1 aromatic rings. The van der Waals surface area contributed by atoms with Crippen molar-refractivity contribution in [3.05, 3.63) is 28.8 Å². The van der Waals surface area contributed by atoms with Crippen molar-refractivity contribution in [1.29, 1.82) is 0 Å². The summed E-state index contributed by atoms with van der Waals surface area (Å²) in [5, 5.41) is 0. The number of nitrogens with zero attached hydrogens (tertiary/aromatic N) is 1. The van der Waals surface area contributed by atoms with Gasteiger partial charge in [0.15, 0.2) is 0 Å². The van der Waals surface area contributed by atoms with Gasteiger partial charge in [-0.15, -0.1) is 0 Å². The predicted molar refractivity (Wildman–Crippen MR) is 96.8 cm³/mol. The summed E-state index contributed by atoms with van der Waals surface area (Å²) < 4.78 is 14.7. The first-order chi connectivity index (χ1) is 12.2. The Kier molecular flexibility index (Phi) is 8.25. The Morgan fingerprint density at radius 1 is 1.00 bits per heavy atom. The van der Waals surface area contributed by atoms with Crippen molar-refractivity contribution in [2.24, 2.45) is 10.9 Å². The number of halogens is 1. The third-order valence-electron chi connectivity index (χ3n) is 3.33. The van der Waals surface area contributed by atoms with Crippen LogP contribution in [0.4, 0.5) is 10.5 Å². The summed E-state index contributed by atoms with van der Waals surface area (Å²) in [7, 11) is 0. The summed E-state index contributed by atoms with van der Waals surface area (Å²) in [6.07, 6.45) is 0. The van der Waals surface area contributed by atoms with E-state index >= 15 is 0 Å². The molecule has 0 fully saturated rings. The second kappa shape index (κ2) is 9.91. The first kappa shape index (κ1) is 21.6. The van der Waals surface area contributed by atoms with E-state index in [1.165, 1.54) is 0 Å². The van der Waals surface area contributed by atoms with Crippen LogP contribution >= 0.6 is 11.6 Å². The van der Waals surface area contributed by atoms with E-state index in [0.717, 1.165) is 16.7 Å². The van der Waals surface area contributed by atoms with Gasteiger partial charge in [-0.05, 0) is 45.7 Å². The fraction of sp³-hybridized carbons (Fsp3) is 0.444. The Bertz CT molecular complexity index is 687. The first-order valence-electron chi connectivity index (χ1n) is 8.08. The number of carbonyl (C=O) groups is 3. The van der Waals surface area contributed by atoms with E-state index in [1.807, 2.05) is 32.9 Å². The molecule has 142 valence electrons. The van der Waals surface area contributed by atoms with Gasteiger partial charge in [0.05, 0.1) is 18.9 Å². The van der Waals surface area contributed by atoms with Crippen LogP contribution in [0.5, 0.6) is 0 Å². The van der Waals surface area contributed by atoms with Gasteiger partial charge in [-0.3, -0.25) is 9.59 Å². The molecule has 7 nitrogen and oxygen atoms in total. The van der Waals surface area contributed by atoms with Gasteiger partial charge in [0.1, 0.15) is 0 Å². The van der Waals surface area contributed by atoms with Gasteiger partial charge >= 0.3 is 17.4 Å². The van der Waals surface area contributed by atoms with E-state index in [2.05, 4.69) is 4.99 Å². The highest BCUT2D eigenvalue weighted by molar-refractivity contribution is 6.62. The van der Waals surface area contributed by atoms with Gasteiger partial charge < -0.3 is 14.2 Å². The van der Waals surface area contributed by atoms with Gasteiger partial charge in [0.25, 0.3) is 0 Å². The van der Waals surface area contributed by atoms with Gasteiger partial charge in [-0.25, -0.2) is 9.79 Å². The molecule has 0 saturated heterocycles. The number of ether oxygens (including phenoxy) is 3. The number of benzene rings is 1. The molecule has 0 saturated carbocycles. The smallest absolute Gasteiger partial charge is 0.410 e. The number of carbonyl (C=O) groups excluding carboxylic acids is 3. The predicted octanol–water partition coefficient (Wildman–Crippen LogP) is 3.76. The third-order valence-corrected chi connectivity index (χ3v) is 3.41. The van der Waals surface area contributed by atoms with Gasteiger partial charge in [0, 0.05) is 11.6 Å². The Balaban J connectivity index is 3.51. The van der Waals surface area contributed by atoms with E-state index in [-0.39, 0.29) is 13.2 Å². The fourth-order valence-corrected chi connectivity index (χ4v) is 2.52. The van der Waals surface area contributed by atoms with Crippen molar-refractivity contribution in [3.63, 3.8) is 0 Å². The molecule has 1 rings (SSSR count). The topological polar surface area (TPSA) is 91.3 Å². The first-order valence-corrected chi connectivity index (χ1v) is 8.46. The lowest BCUT2D eigenvalue weighted by molar-refractivity contribution is -0.158. The summed E-state index contributed by atoms with van der Waals surface area (Å²) in [6, 6.07) is 3.74. The number of esters is 2. The van der Waals surface area contributed by atoms with Gasteiger partial charge in [0.2, 0.25) is 11.8 Å². The molecule has 0 aliphatic rings. The largest absolute Gasteiger partial charge is 0.465 e. The molecule has 0 unspecified atom stereocenters. The lowest BCUT2D eigenvalue weighted by Gasteiger charge is -2.16. The molecule has 0 atom stereocenters. The molecular formula is C18H22ClNO6. The van der Waals surface area contributed by atoms with Crippen LogP contribution in [0.2, 0.25) is 0 Å². The number of hydrogen-bond acceptors (Lipinski definition) is 7. The van der Waals surface area contributed by atoms with Crippen molar-refractivity contribution in [1.82, 2.24) is 0 Å². The highest BCUT2D eigenvalue weighted by Gasteiger charge is 2.38. The normalized spacial score (nSPS) is 11.3. The van der Waals surface area contributed by atoms with Crippen molar-refractivity contribution >= 4 is 40.6 Å². The standard InChI is InChI=1S/C18H22ClNO6/c1-6-24-16(21)13(17(22)25-7-2)15(26-18(19)23)20-14-11(4)8-10(3)9-12(14)5/h8-9,13H,6-7H2,1-5H3. The highest BCUT2D eigenvalue weighted by Crippen LogP contribution is 2.27. The van der Waals surface area contributed by atoms with Gasteiger partial charge in [-0.1, -0.05) is 17.7 Å². The molecule has 8 heteroatoms. The molecule has 0 aromatic heterocycles. The van der Waals surface area contributed by atoms with Crippen LogP contribution in [0.25, 0.3) is 0 Å². The molecular weight excluding hydrogens is 362 g/mol. The maximum atomic E-state index is 12.3. The zero-order valence-corrected chi connectivity index (χ0v) is 16.2. The number of aliphatic imine (C=N–C) groups is 1. The molecule has 0 heterocycles. The monoisotopic (exact) mass is 383 g/mol. The summed E-state index contributed by atoms with van der Waals surface area (Å²) in [4.78, 5) is 40.0. The average molecular weight is 384 g/mol. The van der Waals surface area contributed by atoms with Crippen molar-refractivity contribution in [3.8, 4) is 0 Å². The average Bonchev–Trinajstić information content (AvgIpc) is 2.50. The molecule has 0 aliphatic heterocycles. The zero-order valence-electron chi connectivity index (χ0n) is 15.4. The van der Waals surface area contributed by atoms with E-state index < -0.39 is 29.2 Å². The second-order valence-electron chi connectivity index (χ2n) is 5.47. The van der Waals surface area contributed by atoms with E-state index in [1.54, 1.807) is 13.8 Å². The summed E-state index contributed by atoms with van der Waals surface area (Å²) in [6.45, 7) is 8.76. The maximum Gasteiger partial charge on any atom is 0.410 e. The Hall–Kier alpha value is -2.41. The molecule has 1 aromatic carbocycles. The summed E-state index contributed by atoms with van der Waals surface area (Å²) in [5.41, 5.74) is 1.79. The van der Waals surface area contributed by atoms with Crippen LogP contribution in [-0.4, -0.2) is 36.5 Å². The molecule has 26 heavy (non-hydrogen) atoms. The molecule has 0 radical (unpaired) electrons. The van der Waals surface area contributed by atoms with Crippen molar-refractivity contribution < 1.29 is 28.6 Å². The number of aryl methyl sites for hydroxylation is 3. The zero-order chi connectivity index (χ0) is 19.9. The van der Waals surface area contributed by atoms with Crippen molar-refractivity contribution in [2.75, 3.05) is 13.2 Å². The Labute approximate surface area is 157 Å². The molecule has 0 spiro atoms. The summed E-state index contributed by atoms with van der Waals surface area (Å²) >= 11 is 5.30. The number of rotatable bonds is 6. The fourth-order valence-electron chi connectivity index (χ4n) is 2.44. The molecule has 0 aliphatic carbocycles. The lowest BCUT2D eigenvalue weighted by Crippen LogP contribution is -2.36. The van der Waals surface area contributed by atoms with Crippen LogP contribution in [0, 0.1) is 26.7 Å². The Morgan fingerprint density at radius 2 is 1.46 bits per heavy atom. The van der Waals surface area contributed by atoms with Crippen LogP contribution in [0.1, 0.15) is 30.5 Å². The number of hydrogen-bond donors (Lipinski definition) is 0. The maximum absolute atomic E-state index is 12.3. The second-order valence-corrected chi connectivity index (χ2v) is 5.78. The highest BCUT2D eigenvalue weighted by atomic mass is 35.5. The minimum absolute atomic E-state index is 0.0272. The van der Waals surface area contributed by atoms with E-state index in [4.69, 9.17) is 25.8 Å². The Morgan fingerprint density at radius 3 is 1.85 bits per heavy atom. The lowest BCUT2D eigenvalue weighted by atomic mass is 10.0. The van der Waals surface area contributed by atoms with Crippen molar-refractivity contribution in [2.45, 2.75) is 34.6 Å². The SMILES string of the molecule is CCOC(=O)C(C(=O)OCC)C(=Nc1c(C)cc(C)cc1C)OC(=O)Cl. The van der Waals surface area contributed by atoms with Crippen LogP contribution in [0.3, 0.4) is 0 Å². The van der Waals surface area contributed by atoms with E-state index in [0.29, 0.717) is 5.69 Å². The summed E-state index contributed by atoms with van der Waals surface area (Å²) in [5.74, 6) is -4.02. The molecule has 0 amide bonds. The quantitative estimate of drug-likeness (QED) is 0.185. The van der Waals surface area contributed by atoms with Crippen LogP contribution in [-0.2, 0) is 23.8 Å². The third kappa shape index (κ3) is 5.84. The molecule has 0 N–H and O–H groups in total. The molecule has 0 bridgehead atoms. The minimum atomic E-state index is -1.65. The van der Waals surface area contributed by atoms with Crippen LogP contribution in [0.15, 0.2) is 17.1 Å². The van der Waals surface area contributed by atoms with Crippen LogP contribution < -0.4 is 0 Å². The van der Waals surface area contributed by atoms with E-state index in [9.17, 15) is 14.4 Å².